The average molecular weight is 488 g/mol. The number of rotatable bonds is 6. The van der Waals surface area contributed by atoms with E-state index in [9.17, 15) is 21.6 Å². The minimum Gasteiger partial charge on any atom is -0.326 e. The van der Waals surface area contributed by atoms with Crippen LogP contribution in [0.1, 0.15) is 25.7 Å². The summed E-state index contributed by atoms with van der Waals surface area (Å²) in [6.07, 6.45) is 4.07. The highest BCUT2D eigenvalue weighted by Gasteiger charge is 2.36. The fourth-order valence-electron chi connectivity index (χ4n) is 3.90. The van der Waals surface area contributed by atoms with E-state index in [2.05, 4.69) is 15.0 Å². The Morgan fingerprint density at radius 3 is 2.52 bits per heavy atom. The molecule has 0 saturated carbocycles. The number of aromatic nitrogens is 1. The second-order valence-corrected chi connectivity index (χ2v) is 12.6. The maximum atomic E-state index is 12.8. The Bertz CT molecular complexity index is 1190. The number of anilines is 2. The molecule has 2 N–H and O–H groups in total. The summed E-state index contributed by atoms with van der Waals surface area (Å²) < 4.78 is 54.5. The Kier molecular flexibility index (Phi) is 6.23. The molecule has 1 amide bonds. The molecule has 3 heterocycles. The van der Waals surface area contributed by atoms with Gasteiger partial charge < -0.3 is 5.32 Å². The first kappa shape index (κ1) is 22.4. The Labute approximate surface area is 185 Å². The molecule has 2 fully saturated rings. The molecule has 1 aromatic heterocycles. The van der Waals surface area contributed by atoms with E-state index in [1.165, 1.54) is 19.9 Å². The van der Waals surface area contributed by atoms with Crippen LogP contribution in [0.3, 0.4) is 0 Å². The number of benzene rings is 1. The van der Waals surface area contributed by atoms with Crippen LogP contribution in [0.2, 0.25) is 0 Å². The highest BCUT2D eigenvalue weighted by atomic mass is 32.2. The molecule has 2 saturated heterocycles. The van der Waals surface area contributed by atoms with Gasteiger partial charge in [-0.25, -0.2) is 13.4 Å². The number of nitrogens with zero attached hydrogens (tertiary/aromatic N) is 3. The van der Waals surface area contributed by atoms with Crippen molar-refractivity contribution in [3.8, 4) is 0 Å². The minimum absolute atomic E-state index is 0.176. The van der Waals surface area contributed by atoms with E-state index in [4.69, 9.17) is 0 Å². The fourth-order valence-corrected chi connectivity index (χ4v) is 7.41. The Morgan fingerprint density at radius 1 is 1.10 bits per heavy atom. The summed E-state index contributed by atoms with van der Waals surface area (Å²) in [5.74, 6) is -0.648. The first-order valence-corrected chi connectivity index (χ1v) is 14.2. The first-order valence-electron chi connectivity index (χ1n) is 10.1. The van der Waals surface area contributed by atoms with Crippen molar-refractivity contribution in [1.29, 1.82) is 0 Å². The molecule has 0 radical (unpaired) electrons. The second-order valence-electron chi connectivity index (χ2n) is 7.88. The van der Waals surface area contributed by atoms with Gasteiger partial charge in [-0.15, -0.1) is 0 Å². The van der Waals surface area contributed by atoms with Crippen molar-refractivity contribution < 1.29 is 21.6 Å². The van der Waals surface area contributed by atoms with E-state index in [0.717, 1.165) is 23.8 Å². The topological polar surface area (TPSA) is 129 Å². The van der Waals surface area contributed by atoms with E-state index in [0.29, 0.717) is 43.7 Å². The molecule has 2 aromatic rings. The molecule has 1 atom stereocenters. The smallest absolute Gasteiger partial charge is 0.281 e. The molecule has 4 rings (SSSR count). The van der Waals surface area contributed by atoms with Crippen LogP contribution in [0.25, 0.3) is 10.2 Å². The van der Waals surface area contributed by atoms with E-state index in [-0.39, 0.29) is 17.6 Å². The van der Waals surface area contributed by atoms with Gasteiger partial charge in [0.1, 0.15) is 0 Å². The number of sulfonamides is 1. The molecule has 1 aromatic carbocycles. The molecule has 31 heavy (non-hydrogen) atoms. The molecule has 170 valence electrons. The van der Waals surface area contributed by atoms with Crippen LogP contribution in [0, 0.1) is 5.92 Å². The predicted octanol–water partition coefficient (Wildman–Crippen LogP) is 1.66. The maximum absolute atomic E-state index is 12.8. The van der Waals surface area contributed by atoms with Crippen LogP contribution in [0.15, 0.2) is 18.2 Å². The molecule has 0 spiro atoms. The van der Waals surface area contributed by atoms with Crippen LogP contribution in [0.4, 0.5) is 10.8 Å². The molecule has 2 aliphatic heterocycles. The summed E-state index contributed by atoms with van der Waals surface area (Å²) in [6.45, 7) is 1.70. The Balaban J connectivity index is 1.44. The lowest BCUT2D eigenvalue weighted by Crippen LogP contribution is -2.49. The van der Waals surface area contributed by atoms with E-state index in [1.54, 1.807) is 18.2 Å². The van der Waals surface area contributed by atoms with Crippen molar-refractivity contribution in [2.45, 2.75) is 25.7 Å². The molecule has 0 bridgehead atoms. The van der Waals surface area contributed by atoms with Gasteiger partial charge in [-0.2, -0.15) is 17.0 Å². The van der Waals surface area contributed by atoms with Crippen LogP contribution in [0.5, 0.6) is 0 Å². The Hall–Kier alpha value is -1.80. The summed E-state index contributed by atoms with van der Waals surface area (Å²) in [4.78, 5) is 17.1. The number of hydrogen-bond acceptors (Lipinski definition) is 7. The third-order valence-electron chi connectivity index (χ3n) is 5.40. The quantitative estimate of drug-likeness (QED) is 0.638. The van der Waals surface area contributed by atoms with E-state index in [1.807, 2.05) is 0 Å². The average Bonchev–Trinajstić information content (AvgIpc) is 3.36. The van der Waals surface area contributed by atoms with Gasteiger partial charge >= 0.3 is 0 Å². The minimum atomic E-state index is -3.52. The number of thiazole rings is 1. The first-order chi connectivity index (χ1) is 14.6. The zero-order chi connectivity index (χ0) is 22.2. The van der Waals surface area contributed by atoms with Gasteiger partial charge in [-0.05, 0) is 43.9 Å². The van der Waals surface area contributed by atoms with Crippen LogP contribution in [-0.4, -0.2) is 68.8 Å². The van der Waals surface area contributed by atoms with Crippen molar-refractivity contribution in [3.63, 3.8) is 0 Å². The largest absolute Gasteiger partial charge is 0.326 e. The lowest BCUT2D eigenvalue weighted by molar-refractivity contribution is -0.120. The third kappa shape index (κ3) is 5.17. The molecular weight excluding hydrogens is 462 g/mol. The SMILES string of the molecule is CS(=O)(=O)Nc1nc2ccc(NC(=O)[C@@H]3CCCN(S(=O)(=O)N4CCCC4)C3)cc2s1. The molecule has 10 nitrogen and oxygen atoms in total. The number of nitrogens with one attached hydrogen (secondary N) is 2. The number of carbonyl (C=O) groups is 1. The van der Waals surface area contributed by atoms with Gasteiger partial charge in [-0.3, -0.25) is 9.52 Å². The van der Waals surface area contributed by atoms with Crippen LogP contribution >= 0.6 is 11.3 Å². The molecule has 2 aliphatic rings. The Morgan fingerprint density at radius 2 is 1.81 bits per heavy atom. The van der Waals surface area contributed by atoms with Crippen LogP contribution < -0.4 is 10.0 Å². The highest BCUT2D eigenvalue weighted by Crippen LogP contribution is 2.30. The molecular formula is C18H25N5O5S3. The standard InChI is InChI=1S/C18H25N5O5S3/c1-30(25,26)21-18-20-15-7-6-14(11-16(15)29-18)19-17(24)13-5-4-10-23(12-13)31(27,28)22-8-2-3-9-22/h6-7,11,13H,2-5,8-10,12H2,1H3,(H,19,24)(H,20,21)/t13-/m1/s1. The second kappa shape index (κ2) is 8.62. The van der Waals surface area contributed by atoms with Crippen LogP contribution in [-0.2, 0) is 25.0 Å². The van der Waals surface area contributed by atoms with Crippen molar-refractivity contribution in [2.24, 2.45) is 5.92 Å². The fraction of sp³-hybridized carbons (Fsp3) is 0.556. The van der Waals surface area contributed by atoms with Gasteiger partial charge in [0.2, 0.25) is 15.9 Å². The van der Waals surface area contributed by atoms with Gasteiger partial charge in [0.05, 0.1) is 22.4 Å². The zero-order valence-corrected chi connectivity index (χ0v) is 19.5. The van der Waals surface area contributed by atoms with Gasteiger partial charge in [0, 0.05) is 31.9 Å². The van der Waals surface area contributed by atoms with Gasteiger partial charge in [-0.1, -0.05) is 11.3 Å². The predicted molar refractivity (Wildman–Crippen MR) is 121 cm³/mol. The van der Waals surface area contributed by atoms with E-state index < -0.39 is 26.2 Å². The lowest BCUT2D eigenvalue weighted by atomic mass is 9.99. The summed E-state index contributed by atoms with van der Waals surface area (Å²) in [5, 5.41) is 3.13. The number of carbonyl (C=O) groups excluding carboxylic acids is 1. The zero-order valence-electron chi connectivity index (χ0n) is 17.1. The number of hydrogen-bond donors (Lipinski definition) is 2. The summed E-state index contributed by atoms with van der Waals surface area (Å²) >= 11 is 1.17. The maximum Gasteiger partial charge on any atom is 0.281 e. The summed E-state index contributed by atoms with van der Waals surface area (Å²) in [7, 11) is -6.94. The van der Waals surface area contributed by atoms with Crippen molar-refractivity contribution in [2.75, 3.05) is 42.5 Å². The highest BCUT2D eigenvalue weighted by molar-refractivity contribution is 7.92. The monoisotopic (exact) mass is 487 g/mol. The summed E-state index contributed by atoms with van der Waals surface area (Å²) in [5.41, 5.74) is 1.18. The normalized spacial score (nSPS) is 21.4. The number of piperidine rings is 1. The van der Waals surface area contributed by atoms with E-state index >= 15 is 0 Å². The number of amides is 1. The van der Waals surface area contributed by atoms with Crippen molar-refractivity contribution in [1.82, 2.24) is 13.6 Å². The van der Waals surface area contributed by atoms with Crippen molar-refractivity contribution in [3.05, 3.63) is 18.2 Å². The molecule has 13 heteroatoms. The summed E-state index contributed by atoms with van der Waals surface area (Å²) in [6, 6.07) is 5.14. The van der Waals surface area contributed by atoms with Gasteiger partial charge in [0.25, 0.3) is 10.2 Å². The van der Waals surface area contributed by atoms with Gasteiger partial charge in [0.15, 0.2) is 5.13 Å². The molecule has 0 unspecified atom stereocenters. The molecule has 0 aliphatic carbocycles. The lowest BCUT2D eigenvalue weighted by Gasteiger charge is -2.33. The third-order valence-corrected chi connectivity index (χ3v) is 9.03. The number of fused-ring (bicyclic) bond motifs is 1. The van der Waals surface area contributed by atoms with Crippen molar-refractivity contribution >= 4 is 58.5 Å².